The Morgan fingerprint density at radius 2 is 2.38 bits per heavy atom. The Kier molecular flexibility index (Phi) is 4.92. The first-order chi connectivity index (χ1) is 10.0. The van der Waals surface area contributed by atoms with E-state index in [1.807, 2.05) is 6.92 Å². The van der Waals surface area contributed by atoms with Crippen LogP contribution in [0.3, 0.4) is 0 Å². The number of nitrogens with one attached hydrogen (secondary N) is 2. The lowest BCUT2D eigenvalue weighted by Crippen LogP contribution is -2.19. The van der Waals surface area contributed by atoms with Crippen LogP contribution in [0.4, 0.5) is 5.95 Å². The Hall–Kier alpha value is -1.93. The first kappa shape index (κ1) is 15.5. The van der Waals surface area contributed by atoms with Crippen LogP contribution in [-0.4, -0.2) is 37.4 Å². The number of aromatic amines is 1. The highest BCUT2D eigenvalue weighted by Gasteiger charge is 2.12. The number of anilines is 1. The lowest BCUT2D eigenvalue weighted by Gasteiger charge is -2.12. The number of hydrogen-bond donors (Lipinski definition) is 2. The van der Waals surface area contributed by atoms with Crippen LogP contribution >= 0.6 is 11.6 Å². The number of imidazole rings is 1. The van der Waals surface area contributed by atoms with E-state index in [-0.39, 0.29) is 30.3 Å². The molecule has 8 nitrogen and oxygen atoms in total. The van der Waals surface area contributed by atoms with E-state index in [0.717, 1.165) is 6.42 Å². The second-order valence-corrected chi connectivity index (χ2v) is 4.94. The van der Waals surface area contributed by atoms with Gasteiger partial charge >= 0.3 is 0 Å². The van der Waals surface area contributed by atoms with Crippen LogP contribution in [0.5, 0.6) is 0 Å². The maximum atomic E-state index is 12.0. The molecular formula is C12H16ClN5O3. The van der Waals surface area contributed by atoms with Crippen LogP contribution in [0.1, 0.15) is 20.3 Å². The van der Waals surface area contributed by atoms with Gasteiger partial charge in [0.05, 0.1) is 12.4 Å². The molecule has 0 aromatic carbocycles. The van der Waals surface area contributed by atoms with Gasteiger partial charge in [0, 0.05) is 12.8 Å². The van der Waals surface area contributed by atoms with Crippen molar-refractivity contribution < 1.29 is 9.53 Å². The highest BCUT2D eigenvalue weighted by atomic mass is 35.5. The summed E-state index contributed by atoms with van der Waals surface area (Å²) in [6, 6.07) is 0. The third-order valence-corrected chi connectivity index (χ3v) is 3.01. The summed E-state index contributed by atoms with van der Waals surface area (Å²) in [5.74, 6) is 0.255. The Labute approximate surface area is 125 Å². The number of carbonyl (C=O) groups is 1. The van der Waals surface area contributed by atoms with Gasteiger partial charge in [0.15, 0.2) is 11.2 Å². The number of nitrogens with zero attached hydrogens (tertiary/aromatic N) is 3. The molecule has 2 N–H and O–H groups in total. The molecular weight excluding hydrogens is 298 g/mol. The lowest BCUT2D eigenvalue weighted by atomic mass is 10.3. The average Bonchev–Trinajstić information content (AvgIpc) is 2.79. The van der Waals surface area contributed by atoms with E-state index >= 15 is 0 Å². The van der Waals surface area contributed by atoms with Crippen LogP contribution in [0.15, 0.2) is 11.1 Å². The van der Waals surface area contributed by atoms with Gasteiger partial charge in [-0.15, -0.1) is 11.6 Å². The standard InChI is InChI=1S/C12H16ClN5O3/c1-7(3-4-13)21-6-18-5-14-10-9(18)11(20)17-12(16-10)15-8(2)19/h5,7H,3-4,6H2,1-2H3,(H2,15,16,17,19,20)/t7-/m1/s1. The van der Waals surface area contributed by atoms with E-state index in [0.29, 0.717) is 11.4 Å². The van der Waals surface area contributed by atoms with Crippen molar-refractivity contribution in [2.75, 3.05) is 11.2 Å². The quantitative estimate of drug-likeness (QED) is 0.777. The van der Waals surface area contributed by atoms with Crippen molar-refractivity contribution in [3.8, 4) is 0 Å². The first-order valence-corrected chi connectivity index (χ1v) is 6.95. The number of aromatic nitrogens is 4. The molecule has 0 bridgehead atoms. The molecule has 2 aromatic heterocycles. The van der Waals surface area contributed by atoms with Gasteiger partial charge in [-0.25, -0.2) is 4.98 Å². The Morgan fingerprint density at radius 3 is 3.05 bits per heavy atom. The van der Waals surface area contributed by atoms with Crippen molar-refractivity contribution in [3.63, 3.8) is 0 Å². The number of ether oxygens (including phenoxy) is 1. The van der Waals surface area contributed by atoms with E-state index in [9.17, 15) is 9.59 Å². The molecule has 2 heterocycles. The minimum atomic E-state index is -0.394. The molecule has 0 unspecified atom stereocenters. The molecule has 1 atom stereocenters. The Morgan fingerprint density at radius 1 is 1.62 bits per heavy atom. The fraction of sp³-hybridized carbons (Fsp3) is 0.500. The zero-order valence-corrected chi connectivity index (χ0v) is 12.5. The van der Waals surface area contributed by atoms with Crippen LogP contribution < -0.4 is 10.9 Å². The molecule has 0 saturated carbocycles. The van der Waals surface area contributed by atoms with Crippen LogP contribution in [-0.2, 0) is 16.3 Å². The lowest BCUT2D eigenvalue weighted by molar-refractivity contribution is -0.114. The summed E-state index contributed by atoms with van der Waals surface area (Å²) in [5.41, 5.74) is 0.146. The predicted molar refractivity (Wildman–Crippen MR) is 78.3 cm³/mol. The molecule has 0 fully saturated rings. The van der Waals surface area contributed by atoms with Crippen molar-refractivity contribution in [2.45, 2.75) is 33.1 Å². The summed E-state index contributed by atoms with van der Waals surface area (Å²) >= 11 is 5.64. The zero-order chi connectivity index (χ0) is 15.4. The number of H-pyrrole nitrogens is 1. The molecule has 0 aliphatic heterocycles. The fourth-order valence-electron chi connectivity index (χ4n) is 1.75. The van der Waals surface area contributed by atoms with Gasteiger partial charge in [-0.1, -0.05) is 0 Å². The molecule has 0 spiro atoms. The van der Waals surface area contributed by atoms with Gasteiger partial charge in [0.1, 0.15) is 6.73 Å². The van der Waals surface area contributed by atoms with E-state index in [4.69, 9.17) is 16.3 Å². The van der Waals surface area contributed by atoms with E-state index in [1.54, 1.807) is 4.57 Å². The van der Waals surface area contributed by atoms with Gasteiger partial charge in [0.2, 0.25) is 11.9 Å². The van der Waals surface area contributed by atoms with Crippen molar-refractivity contribution in [2.24, 2.45) is 0 Å². The molecule has 2 rings (SSSR count). The minimum Gasteiger partial charge on any atom is -0.358 e. The molecule has 0 aliphatic carbocycles. The second-order valence-electron chi connectivity index (χ2n) is 4.57. The summed E-state index contributed by atoms with van der Waals surface area (Å²) < 4.78 is 7.13. The number of halogens is 1. The van der Waals surface area contributed by atoms with Crippen molar-refractivity contribution in [1.29, 1.82) is 0 Å². The van der Waals surface area contributed by atoms with Gasteiger partial charge in [-0.2, -0.15) is 4.98 Å². The molecule has 1 amide bonds. The van der Waals surface area contributed by atoms with E-state index in [1.165, 1.54) is 13.3 Å². The molecule has 9 heteroatoms. The third kappa shape index (κ3) is 3.79. The third-order valence-electron chi connectivity index (χ3n) is 2.79. The van der Waals surface area contributed by atoms with Crippen molar-refractivity contribution >= 4 is 34.6 Å². The van der Waals surface area contributed by atoms with Gasteiger partial charge in [-0.05, 0) is 13.3 Å². The first-order valence-electron chi connectivity index (χ1n) is 6.41. The second kappa shape index (κ2) is 6.68. The van der Waals surface area contributed by atoms with Crippen molar-refractivity contribution in [3.05, 3.63) is 16.7 Å². The maximum Gasteiger partial charge on any atom is 0.278 e. The summed E-state index contributed by atoms with van der Waals surface area (Å²) in [6.45, 7) is 3.41. The monoisotopic (exact) mass is 313 g/mol. The minimum absolute atomic E-state index is 0.0226. The summed E-state index contributed by atoms with van der Waals surface area (Å²) in [6.07, 6.45) is 2.17. The SMILES string of the molecule is CC(=O)Nc1nc2ncn(CO[C@H](C)CCCl)c2c(=O)[nH]1. The topological polar surface area (TPSA) is 102 Å². The molecule has 0 saturated heterocycles. The zero-order valence-electron chi connectivity index (χ0n) is 11.7. The van der Waals surface area contributed by atoms with Crippen molar-refractivity contribution in [1.82, 2.24) is 19.5 Å². The maximum absolute atomic E-state index is 12.0. The number of alkyl halides is 1. The average molecular weight is 314 g/mol. The van der Waals surface area contributed by atoms with Gasteiger partial charge in [-0.3, -0.25) is 19.9 Å². The number of hydrogen-bond acceptors (Lipinski definition) is 5. The Bertz CT molecular complexity index is 696. The molecule has 2 aromatic rings. The van der Waals surface area contributed by atoms with Crippen LogP contribution in [0.2, 0.25) is 0 Å². The van der Waals surface area contributed by atoms with Gasteiger partial charge in [0.25, 0.3) is 5.56 Å². The number of rotatable bonds is 6. The molecule has 0 aliphatic rings. The van der Waals surface area contributed by atoms with E-state index < -0.39 is 5.56 Å². The highest BCUT2D eigenvalue weighted by Crippen LogP contribution is 2.09. The summed E-state index contributed by atoms with van der Waals surface area (Å²) in [4.78, 5) is 33.6. The van der Waals surface area contributed by atoms with Crippen LogP contribution in [0.25, 0.3) is 11.2 Å². The van der Waals surface area contributed by atoms with E-state index in [2.05, 4.69) is 20.3 Å². The van der Waals surface area contributed by atoms with Gasteiger partial charge < -0.3 is 9.30 Å². The smallest absolute Gasteiger partial charge is 0.278 e. The summed E-state index contributed by atoms with van der Waals surface area (Å²) in [5, 5.41) is 2.41. The Balaban J connectivity index is 2.23. The number of amides is 1. The normalized spacial score (nSPS) is 12.5. The fourth-order valence-corrected chi connectivity index (χ4v) is 2.06. The largest absolute Gasteiger partial charge is 0.358 e. The molecule has 114 valence electrons. The number of fused-ring (bicyclic) bond motifs is 1. The predicted octanol–water partition coefficient (Wildman–Crippen LogP) is 1.07. The molecule has 0 radical (unpaired) electrons. The summed E-state index contributed by atoms with van der Waals surface area (Å²) in [7, 11) is 0. The van der Waals surface area contributed by atoms with Crippen LogP contribution in [0, 0.1) is 0 Å². The highest BCUT2D eigenvalue weighted by molar-refractivity contribution is 6.17. The molecule has 21 heavy (non-hydrogen) atoms. The number of carbonyl (C=O) groups excluding carboxylic acids is 1.